The fraction of sp³-hybridized carbons (Fsp3) is 0.556. The normalized spacial score (nSPS) is 9.11. The van der Waals surface area contributed by atoms with Crippen molar-refractivity contribution in [1.82, 2.24) is 0 Å². The number of hydrogen-bond donors (Lipinski definition) is 0. The first-order valence-corrected chi connectivity index (χ1v) is 3.49. The van der Waals surface area contributed by atoms with Crippen molar-refractivity contribution in [3.8, 4) is 11.8 Å². The van der Waals surface area contributed by atoms with Crippen molar-refractivity contribution in [2.24, 2.45) is 0 Å². The molecule has 0 unspecified atom stereocenters. The Kier molecular flexibility index (Phi) is 6.73. The topological polar surface area (TPSA) is 0 Å². The Labute approximate surface area is 58.0 Å². The summed E-state index contributed by atoms with van der Waals surface area (Å²) in [5.74, 6) is 5.68. The van der Waals surface area contributed by atoms with Gasteiger partial charge in [-0.05, 0) is 19.4 Å². The maximum Gasteiger partial charge on any atom is -0.00235 e. The van der Waals surface area contributed by atoms with Crippen LogP contribution in [-0.4, -0.2) is 0 Å². The number of allylic oxidation sites excluding steroid dienone is 2. The molecule has 0 saturated heterocycles. The third kappa shape index (κ3) is 7.30. The van der Waals surface area contributed by atoms with Crippen molar-refractivity contribution in [1.29, 1.82) is 0 Å². The van der Waals surface area contributed by atoms with E-state index in [0.29, 0.717) is 0 Å². The van der Waals surface area contributed by atoms with Crippen LogP contribution in [0.15, 0.2) is 12.2 Å². The fourth-order valence-corrected chi connectivity index (χ4v) is 0.548. The predicted molar refractivity (Wildman–Crippen MR) is 42.1 cm³/mol. The molecule has 0 rings (SSSR count). The first-order valence-electron chi connectivity index (χ1n) is 3.49. The predicted octanol–water partition coefficient (Wildman–Crippen LogP) is 2.76. The van der Waals surface area contributed by atoms with Gasteiger partial charge >= 0.3 is 0 Å². The molecule has 0 N–H and O–H groups in total. The maximum absolute atomic E-state index is 2.88. The first-order chi connectivity index (χ1) is 4.41. The SMILES string of the molecule is CC#C/C=C\CCCC. The van der Waals surface area contributed by atoms with E-state index in [1.807, 2.05) is 13.0 Å². The van der Waals surface area contributed by atoms with Crippen LogP contribution >= 0.6 is 0 Å². The third-order valence-electron chi connectivity index (χ3n) is 1.07. The molecule has 0 bridgehead atoms. The molecule has 0 heteroatoms. The van der Waals surface area contributed by atoms with Gasteiger partial charge in [-0.2, -0.15) is 0 Å². The summed E-state index contributed by atoms with van der Waals surface area (Å²) in [4.78, 5) is 0. The highest BCUT2D eigenvalue weighted by atomic mass is 13.8. The second-order valence-electron chi connectivity index (χ2n) is 1.94. The standard InChI is InChI=1S/C9H14/c1-3-5-7-9-8-6-4-2/h8-9H,3,5,7H2,1-2H3/b9-8-. The molecule has 0 saturated carbocycles. The molecule has 0 aromatic heterocycles. The van der Waals surface area contributed by atoms with Gasteiger partial charge in [0.25, 0.3) is 0 Å². The van der Waals surface area contributed by atoms with Gasteiger partial charge < -0.3 is 0 Å². The Morgan fingerprint density at radius 1 is 1.44 bits per heavy atom. The summed E-state index contributed by atoms with van der Waals surface area (Å²) in [5, 5.41) is 0. The van der Waals surface area contributed by atoms with E-state index >= 15 is 0 Å². The van der Waals surface area contributed by atoms with Gasteiger partial charge in [-0.15, -0.1) is 5.92 Å². The van der Waals surface area contributed by atoms with Crippen molar-refractivity contribution in [3.63, 3.8) is 0 Å². The van der Waals surface area contributed by atoms with Gasteiger partial charge in [0, 0.05) is 0 Å². The lowest BCUT2D eigenvalue weighted by atomic mass is 10.2. The zero-order valence-electron chi connectivity index (χ0n) is 6.28. The molecule has 0 aliphatic heterocycles. The van der Waals surface area contributed by atoms with Crippen molar-refractivity contribution in [3.05, 3.63) is 12.2 Å². The van der Waals surface area contributed by atoms with Crippen molar-refractivity contribution in [2.75, 3.05) is 0 Å². The lowest BCUT2D eigenvalue weighted by molar-refractivity contribution is 0.815. The summed E-state index contributed by atoms with van der Waals surface area (Å²) in [6.45, 7) is 4.05. The summed E-state index contributed by atoms with van der Waals surface area (Å²) in [6, 6.07) is 0. The molecule has 0 spiro atoms. The van der Waals surface area contributed by atoms with Crippen LogP contribution in [0.5, 0.6) is 0 Å². The Balaban J connectivity index is 3.11. The smallest absolute Gasteiger partial charge is 0.00235 e. The maximum atomic E-state index is 2.88. The molecular formula is C9H14. The Morgan fingerprint density at radius 3 is 2.78 bits per heavy atom. The van der Waals surface area contributed by atoms with Crippen LogP contribution in [0.4, 0.5) is 0 Å². The van der Waals surface area contributed by atoms with Crippen molar-refractivity contribution in [2.45, 2.75) is 33.1 Å². The minimum atomic E-state index is 1.17. The van der Waals surface area contributed by atoms with Crippen LogP contribution in [0, 0.1) is 11.8 Å². The number of hydrogen-bond acceptors (Lipinski definition) is 0. The van der Waals surface area contributed by atoms with Crippen LogP contribution in [0.2, 0.25) is 0 Å². The number of unbranched alkanes of at least 4 members (excludes halogenated alkanes) is 2. The summed E-state index contributed by atoms with van der Waals surface area (Å²) < 4.78 is 0. The molecule has 0 heterocycles. The molecule has 0 aromatic carbocycles. The Hall–Kier alpha value is -0.700. The van der Waals surface area contributed by atoms with Gasteiger partial charge in [0.05, 0.1) is 0 Å². The van der Waals surface area contributed by atoms with Gasteiger partial charge in [-0.3, -0.25) is 0 Å². The monoisotopic (exact) mass is 122 g/mol. The molecule has 50 valence electrons. The van der Waals surface area contributed by atoms with E-state index in [4.69, 9.17) is 0 Å². The van der Waals surface area contributed by atoms with Crippen LogP contribution in [0.25, 0.3) is 0 Å². The molecular weight excluding hydrogens is 108 g/mol. The average molecular weight is 122 g/mol. The third-order valence-corrected chi connectivity index (χ3v) is 1.07. The molecule has 0 radical (unpaired) electrons. The molecule has 0 nitrogen and oxygen atoms in total. The molecule has 0 fully saturated rings. The van der Waals surface area contributed by atoms with E-state index in [1.54, 1.807) is 0 Å². The summed E-state index contributed by atoms with van der Waals surface area (Å²) in [5.41, 5.74) is 0. The highest BCUT2D eigenvalue weighted by molar-refractivity contribution is 5.13. The first kappa shape index (κ1) is 8.30. The van der Waals surface area contributed by atoms with Gasteiger partial charge in [0.15, 0.2) is 0 Å². The van der Waals surface area contributed by atoms with E-state index in [1.165, 1.54) is 19.3 Å². The molecule has 0 amide bonds. The zero-order chi connectivity index (χ0) is 6.95. The fourth-order valence-electron chi connectivity index (χ4n) is 0.548. The lowest BCUT2D eigenvalue weighted by Gasteiger charge is -1.83. The van der Waals surface area contributed by atoms with E-state index in [0.717, 1.165) is 0 Å². The summed E-state index contributed by atoms with van der Waals surface area (Å²) in [6.07, 6.45) is 7.77. The largest absolute Gasteiger partial charge is 0.102 e. The second-order valence-corrected chi connectivity index (χ2v) is 1.94. The highest BCUT2D eigenvalue weighted by Crippen LogP contribution is 1.93. The lowest BCUT2D eigenvalue weighted by Crippen LogP contribution is -1.64. The van der Waals surface area contributed by atoms with Gasteiger partial charge in [0.2, 0.25) is 0 Å². The van der Waals surface area contributed by atoms with Crippen LogP contribution < -0.4 is 0 Å². The summed E-state index contributed by atoms with van der Waals surface area (Å²) >= 11 is 0. The van der Waals surface area contributed by atoms with Crippen molar-refractivity contribution < 1.29 is 0 Å². The summed E-state index contributed by atoms with van der Waals surface area (Å²) in [7, 11) is 0. The zero-order valence-corrected chi connectivity index (χ0v) is 6.28. The van der Waals surface area contributed by atoms with Crippen LogP contribution in [-0.2, 0) is 0 Å². The molecule has 9 heavy (non-hydrogen) atoms. The molecule has 0 atom stereocenters. The molecule has 0 aromatic rings. The Bertz CT molecular complexity index is 121. The van der Waals surface area contributed by atoms with E-state index in [2.05, 4.69) is 24.8 Å². The second kappa shape index (κ2) is 7.30. The van der Waals surface area contributed by atoms with E-state index in [9.17, 15) is 0 Å². The van der Waals surface area contributed by atoms with E-state index < -0.39 is 0 Å². The number of rotatable bonds is 3. The van der Waals surface area contributed by atoms with Gasteiger partial charge in [-0.25, -0.2) is 0 Å². The minimum Gasteiger partial charge on any atom is -0.102 e. The highest BCUT2D eigenvalue weighted by Gasteiger charge is 1.74. The van der Waals surface area contributed by atoms with E-state index in [-0.39, 0.29) is 0 Å². The quantitative estimate of drug-likeness (QED) is 0.399. The van der Waals surface area contributed by atoms with Crippen molar-refractivity contribution >= 4 is 0 Å². The average Bonchev–Trinajstić information content (AvgIpc) is 1.89. The molecule has 0 aliphatic rings. The van der Waals surface area contributed by atoms with Gasteiger partial charge in [0.1, 0.15) is 0 Å². The minimum absolute atomic E-state index is 1.17. The molecule has 0 aliphatic carbocycles. The van der Waals surface area contributed by atoms with Crippen LogP contribution in [0.3, 0.4) is 0 Å². The Morgan fingerprint density at radius 2 is 2.22 bits per heavy atom. The van der Waals surface area contributed by atoms with Gasteiger partial charge in [-0.1, -0.05) is 31.8 Å². The van der Waals surface area contributed by atoms with Crippen LogP contribution in [0.1, 0.15) is 33.1 Å².